The molecule has 0 atom stereocenters. The van der Waals surface area contributed by atoms with Crippen LogP contribution in [-0.4, -0.2) is 19.1 Å². The number of carbonyl (C=O) groups excluding carboxylic acids is 2. The number of amides is 2. The second-order valence-electron chi connectivity index (χ2n) is 5.39. The summed E-state index contributed by atoms with van der Waals surface area (Å²) in [6, 6.07) is 14.1. The van der Waals surface area contributed by atoms with Crippen LogP contribution in [0.1, 0.15) is 18.4 Å². The zero-order chi connectivity index (χ0) is 16.9. The zero-order valence-corrected chi connectivity index (χ0v) is 13.3. The lowest BCUT2D eigenvalue weighted by atomic mass is 10.1. The Morgan fingerprint density at radius 1 is 1.08 bits per heavy atom. The van der Waals surface area contributed by atoms with Crippen LogP contribution in [0, 0.1) is 0 Å². The number of rotatable bonds is 3. The average Bonchev–Trinajstić information content (AvgIpc) is 2.74. The van der Waals surface area contributed by atoms with Gasteiger partial charge >= 0.3 is 6.09 Å². The molecule has 0 spiro atoms. The van der Waals surface area contributed by atoms with Crippen LogP contribution in [0.2, 0.25) is 0 Å². The van der Waals surface area contributed by atoms with E-state index in [9.17, 15) is 9.59 Å². The van der Waals surface area contributed by atoms with Crippen LogP contribution < -0.4 is 19.9 Å². The summed E-state index contributed by atoms with van der Waals surface area (Å²) >= 11 is 0. The van der Waals surface area contributed by atoms with Crippen molar-refractivity contribution in [1.29, 1.82) is 0 Å². The number of hydrogen-bond acceptors (Lipinski definition) is 4. The van der Waals surface area contributed by atoms with E-state index in [2.05, 4.69) is 5.43 Å². The third kappa shape index (κ3) is 3.48. The van der Waals surface area contributed by atoms with Crippen molar-refractivity contribution in [3.05, 3.63) is 54.1 Å². The van der Waals surface area contributed by atoms with E-state index in [1.807, 2.05) is 12.1 Å². The van der Waals surface area contributed by atoms with E-state index in [0.29, 0.717) is 24.3 Å². The first-order chi connectivity index (χ1) is 11.7. The van der Waals surface area contributed by atoms with Crippen LogP contribution in [0.15, 0.2) is 48.5 Å². The normalized spacial score (nSPS) is 13.7. The number of para-hydroxylation sites is 1. The Labute approximate surface area is 140 Å². The van der Waals surface area contributed by atoms with Gasteiger partial charge in [0.15, 0.2) is 0 Å². The Hall–Kier alpha value is -3.02. The summed E-state index contributed by atoms with van der Waals surface area (Å²) in [4.78, 5) is 24.5. The fourth-order valence-corrected chi connectivity index (χ4v) is 2.62. The third-order valence-corrected chi connectivity index (χ3v) is 3.77. The number of carbonyl (C=O) groups is 2. The molecule has 1 aliphatic heterocycles. The quantitative estimate of drug-likeness (QED) is 0.941. The maximum absolute atomic E-state index is 12.3. The van der Waals surface area contributed by atoms with Gasteiger partial charge in [0.05, 0.1) is 12.8 Å². The Kier molecular flexibility index (Phi) is 4.65. The van der Waals surface area contributed by atoms with Crippen molar-refractivity contribution in [2.45, 2.75) is 19.3 Å². The van der Waals surface area contributed by atoms with Gasteiger partial charge in [-0.25, -0.2) is 15.2 Å². The summed E-state index contributed by atoms with van der Waals surface area (Å²) in [5.41, 5.74) is 4.12. The van der Waals surface area contributed by atoms with Gasteiger partial charge in [0.1, 0.15) is 11.5 Å². The molecule has 0 radical (unpaired) electrons. The van der Waals surface area contributed by atoms with Gasteiger partial charge in [0, 0.05) is 6.42 Å². The smallest absolute Gasteiger partial charge is 0.432 e. The molecule has 0 aromatic heterocycles. The van der Waals surface area contributed by atoms with E-state index in [1.54, 1.807) is 43.5 Å². The van der Waals surface area contributed by atoms with Gasteiger partial charge < -0.3 is 9.47 Å². The van der Waals surface area contributed by atoms with Gasteiger partial charge in [-0.05, 0) is 48.7 Å². The number of anilines is 1. The summed E-state index contributed by atoms with van der Waals surface area (Å²) in [5, 5.41) is 1.26. The van der Waals surface area contributed by atoms with E-state index >= 15 is 0 Å². The lowest BCUT2D eigenvalue weighted by Gasteiger charge is -2.23. The van der Waals surface area contributed by atoms with Crippen molar-refractivity contribution in [1.82, 2.24) is 5.43 Å². The highest BCUT2D eigenvalue weighted by Gasteiger charge is 2.25. The number of methoxy groups -OCH3 is 1. The van der Waals surface area contributed by atoms with Crippen LogP contribution in [0.5, 0.6) is 11.5 Å². The molecule has 1 N–H and O–H groups in total. The second-order valence-corrected chi connectivity index (χ2v) is 5.39. The minimum absolute atomic E-state index is 0.177. The summed E-state index contributed by atoms with van der Waals surface area (Å²) in [5.74, 6) is 0.950. The van der Waals surface area contributed by atoms with E-state index in [1.165, 1.54) is 5.01 Å². The van der Waals surface area contributed by atoms with Crippen LogP contribution >= 0.6 is 0 Å². The number of nitrogens with zero attached hydrogens (tertiary/aromatic N) is 1. The molecule has 6 heteroatoms. The molecule has 6 nitrogen and oxygen atoms in total. The predicted molar refractivity (Wildman–Crippen MR) is 89.0 cm³/mol. The van der Waals surface area contributed by atoms with E-state index in [0.717, 1.165) is 17.7 Å². The minimum Gasteiger partial charge on any atom is -0.497 e. The molecule has 0 saturated heterocycles. The molecule has 1 heterocycles. The lowest BCUT2D eigenvalue weighted by molar-refractivity contribution is -0.119. The minimum atomic E-state index is -0.710. The first-order valence-electron chi connectivity index (χ1n) is 7.71. The molecule has 0 bridgehead atoms. The molecular formula is C18H18N2O4. The van der Waals surface area contributed by atoms with Gasteiger partial charge in [0.2, 0.25) is 5.91 Å². The molecule has 0 unspecified atom stereocenters. The summed E-state index contributed by atoms with van der Waals surface area (Å²) in [7, 11) is 1.59. The lowest BCUT2D eigenvalue weighted by Crippen LogP contribution is -2.47. The van der Waals surface area contributed by atoms with Gasteiger partial charge in [0.25, 0.3) is 0 Å². The summed E-state index contributed by atoms with van der Waals surface area (Å²) < 4.78 is 10.4. The van der Waals surface area contributed by atoms with Crippen molar-refractivity contribution in [3.8, 4) is 11.5 Å². The molecule has 1 aliphatic rings. The summed E-state index contributed by atoms with van der Waals surface area (Å²) in [6.45, 7) is 0. The van der Waals surface area contributed by atoms with Crippen LogP contribution in [0.3, 0.4) is 0 Å². The molecule has 0 saturated carbocycles. The van der Waals surface area contributed by atoms with E-state index < -0.39 is 6.09 Å². The molecule has 3 rings (SSSR count). The Bertz CT molecular complexity index is 746. The van der Waals surface area contributed by atoms with Crippen LogP contribution in [-0.2, 0) is 11.2 Å². The number of hydrogen-bond donors (Lipinski definition) is 1. The molecule has 0 fully saturated rings. The monoisotopic (exact) mass is 326 g/mol. The van der Waals surface area contributed by atoms with Crippen molar-refractivity contribution in [3.63, 3.8) is 0 Å². The molecule has 2 aromatic carbocycles. The second kappa shape index (κ2) is 7.04. The van der Waals surface area contributed by atoms with E-state index in [4.69, 9.17) is 9.47 Å². The summed E-state index contributed by atoms with van der Waals surface area (Å²) in [6.07, 6.45) is 1.09. The maximum atomic E-state index is 12.3. The average molecular weight is 326 g/mol. The first-order valence-corrected chi connectivity index (χ1v) is 7.71. The van der Waals surface area contributed by atoms with Crippen molar-refractivity contribution < 1.29 is 19.1 Å². The molecule has 124 valence electrons. The SMILES string of the molecule is COc1ccc2c(c1)CCCC(=O)N2NC(=O)Oc1ccccc1. The van der Waals surface area contributed by atoms with Crippen LogP contribution in [0.25, 0.3) is 0 Å². The molecular weight excluding hydrogens is 308 g/mol. The van der Waals surface area contributed by atoms with Gasteiger partial charge in [-0.2, -0.15) is 0 Å². The van der Waals surface area contributed by atoms with Crippen molar-refractivity contribution in [2.24, 2.45) is 0 Å². The highest BCUT2D eigenvalue weighted by Crippen LogP contribution is 2.29. The number of nitrogens with one attached hydrogen (secondary N) is 1. The first kappa shape index (κ1) is 15.9. The number of ether oxygens (including phenoxy) is 2. The number of hydrazine groups is 1. The fraction of sp³-hybridized carbons (Fsp3) is 0.222. The number of benzene rings is 2. The van der Waals surface area contributed by atoms with Crippen LogP contribution in [0.4, 0.5) is 10.5 Å². The molecule has 2 aromatic rings. The Morgan fingerprint density at radius 2 is 1.88 bits per heavy atom. The third-order valence-electron chi connectivity index (χ3n) is 3.77. The highest BCUT2D eigenvalue weighted by molar-refractivity contribution is 5.97. The standard InChI is InChI=1S/C18H18N2O4/c1-23-15-10-11-16-13(12-15)6-5-9-17(21)20(16)19-18(22)24-14-7-3-2-4-8-14/h2-4,7-8,10-12H,5-6,9H2,1H3,(H,19,22). The number of fused-ring (bicyclic) bond motifs is 1. The molecule has 2 amide bonds. The van der Waals surface area contributed by atoms with Gasteiger partial charge in [-0.15, -0.1) is 0 Å². The molecule has 24 heavy (non-hydrogen) atoms. The maximum Gasteiger partial charge on any atom is 0.432 e. The topological polar surface area (TPSA) is 67.9 Å². The van der Waals surface area contributed by atoms with E-state index in [-0.39, 0.29) is 5.91 Å². The predicted octanol–water partition coefficient (Wildman–Crippen LogP) is 3.07. The largest absolute Gasteiger partial charge is 0.497 e. The molecule has 0 aliphatic carbocycles. The number of aryl methyl sites for hydroxylation is 1. The highest BCUT2D eigenvalue weighted by atomic mass is 16.6. The Morgan fingerprint density at radius 3 is 2.62 bits per heavy atom. The zero-order valence-electron chi connectivity index (χ0n) is 13.3. The van der Waals surface area contributed by atoms with Crippen molar-refractivity contribution in [2.75, 3.05) is 12.1 Å². The van der Waals surface area contributed by atoms with Gasteiger partial charge in [-0.1, -0.05) is 18.2 Å². The van der Waals surface area contributed by atoms with Gasteiger partial charge in [-0.3, -0.25) is 4.79 Å². The van der Waals surface area contributed by atoms with Crippen molar-refractivity contribution >= 4 is 17.7 Å². The Balaban J connectivity index is 1.81. The fourth-order valence-electron chi connectivity index (χ4n) is 2.62.